The quantitative estimate of drug-likeness (QED) is 0.681. The molecule has 3 aromatic rings. The summed E-state index contributed by atoms with van der Waals surface area (Å²) in [5.41, 5.74) is 3.99. The topological polar surface area (TPSA) is 59.0 Å². The average Bonchev–Trinajstić information content (AvgIpc) is 3.20. The SMILES string of the molecule is CCc1ccc(NC(=O)c2cnn(-c3cccc(F)c3)c2C2CCNCC2)cc1. The van der Waals surface area contributed by atoms with Crippen LogP contribution >= 0.6 is 0 Å². The largest absolute Gasteiger partial charge is 0.322 e. The Balaban J connectivity index is 1.69. The fourth-order valence-corrected chi connectivity index (χ4v) is 3.86. The molecule has 1 fully saturated rings. The Kier molecular flexibility index (Phi) is 5.71. The maximum Gasteiger partial charge on any atom is 0.259 e. The molecule has 150 valence electrons. The monoisotopic (exact) mass is 392 g/mol. The summed E-state index contributed by atoms with van der Waals surface area (Å²) >= 11 is 0. The Hall–Kier alpha value is -2.99. The van der Waals surface area contributed by atoms with Gasteiger partial charge >= 0.3 is 0 Å². The minimum absolute atomic E-state index is 0.185. The molecular formula is C23H25FN4O. The van der Waals surface area contributed by atoms with Crippen LogP contribution in [-0.2, 0) is 6.42 Å². The number of amides is 1. The Labute approximate surface area is 169 Å². The predicted molar refractivity (Wildman–Crippen MR) is 112 cm³/mol. The van der Waals surface area contributed by atoms with E-state index >= 15 is 0 Å². The van der Waals surface area contributed by atoms with Crippen molar-refractivity contribution in [2.45, 2.75) is 32.1 Å². The predicted octanol–water partition coefficient (Wildman–Crippen LogP) is 4.29. The highest BCUT2D eigenvalue weighted by Crippen LogP contribution is 2.31. The van der Waals surface area contributed by atoms with Gasteiger partial charge in [-0.05, 0) is 68.2 Å². The summed E-state index contributed by atoms with van der Waals surface area (Å²) in [5, 5.41) is 10.8. The van der Waals surface area contributed by atoms with Gasteiger partial charge < -0.3 is 10.6 Å². The van der Waals surface area contributed by atoms with Gasteiger partial charge in [0.2, 0.25) is 0 Å². The third-order valence-corrected chi connectivity index (χ3v) is 5.45. The van der Waals surface area contributed by atoms with E-state index in [0.29, 0.717) is 11.3 Å². The number of aromatic nitrogens is 2. The third kappa shape index (κ3) is 4.22. The lowest BCUT2D eigenvalue weighted by molar-refractivity contribution is 0.102. The van der Waals surface area contributed by atoms with Crippen molar-refractivity contribution in [3.63, 3.8) is 0 Å². The van der Waals surface area contributed by atoms with E-state index in [1.165, 1.54) is 17.7 Å². The summed E-state index contributed by atoms with van der Waals surface area (Å²) in [5.74, 6) is -0.327. The van der Waals surface area contributed by atoms with Crippen molar-refractivity contribution in [1.82, 2.24) is 15.1 Å². The molecule has 0 atom stereocenters. The summed E-state index contributed by atoms with van der Waals surface area (Å²) in [7, 11) is 0. The van der Waals surface area contributed by atoms with Crippen molar-refractivity contribution in [2.75, 3.05) is 18.4 Å². The number of nitrogens with zero attached hydrogens (tertiary/aromatic N) is 2. The van der Waals surface area contributed by atoms with Gasteiger partial charge in [-0.3, -0.25) is 4.79 Å². The molecule has 2 N–H and O–H groups in total. The molecule has 0 bridgehead atoms. The highest BCUT2D eigenvalue weighted by molar-refractivity contribution is 6.05. The van der Waals surface area contributed by atoms with Crippen LogP contribution in [0.15, 0.2) is 54.7 Å². The summed E-state index contributed by atoms with van der Waals surface area (Å²) in [4.78, 5) is 13.1. The summed E-state index contributed by atoms with van der Waals surface area (Å²) in [6.45, 7) is 3.87. The molecule has 6 heteroatoms. The number of hydrogen-bond donors (Lipinski definition) is 2. The normalized spacial score (nSPS) is 14.7. The number of nitrogens with one attached hydrogen (secondary N) is 2. The molecule has 0 saturated carbocycles. The van der Waals surface area contributed by atoms with Crippen LogP contribution in [0.3, 0.4) is 0 Å². The van der Waals surface area contributed by atoms with Crippen LogP contribution in [0.5, 0.6) is 0 Å². The zero-order valence-corrected chi connectivity index (χ0v) is 16.5. The highest BCUT2D eigenvalue weighted by Gasteiger charge is 2.27. The summed E-state index contributed by atoms with van der Waals surface area (Å²) < 4.78 is 15.5. The first-order valence-corrected chi connectivity index (χ1v) is 10.1. The van der Waals surface area contributed by atoms with Gasteiger partial charge in [0.1, 0.15) is 5.82 Å². The third-order valence-electron chi connectivity index (χ3n) is 5.45. The van der Waals surface area contributed by atoms with Crippen LogP contribution in [0.25, 0.3) is 5.69 Å². The number of aryl methyl sites for hydroxylation is 1. The van der Waals surface area contributed by atoms with Crippen molar-refractivity contribution in [2.24, 2.45) is 0 Å². The number of carbonyl (C=O) groups is 1. The van der Waals surface area contributed by atoms with Crippen LogP contribution in [0.2, 0.25) is 0 Å². The smallest absolute Gasteiger partial charge is 0.259 e. The van der Waals surface area contributed by atoms with E-state index in [1.54, 1.807) is 16.9 Å². The second kappa shape index (κ2) is 8.57. The van der Waals surface area contributed by atoms with E-state index < -0.39 is 0 Å². The molecule has 1 amide bonds. The van der Waals surface area contributed by atoms with Gasteiger partial charge in [-0.1, -0.05) is 25.1 Å². The molecule has 1 aromatic heterocycles. The zero-order chi connectivity index (χ0) is 20.2. The molecule has 2 aromatic carbocycles. The van der Waals surface area contributed by atoms with Crippen molar-refractivity contribution >= 4 is 11.6 Å². The standard InChI is InChI=1S/C23H25FN4O/c1-2-16-6-8-19(9-7-16)27-23(29)21-15-26-28(20-5-3-4-18(24)14-20)22(21)17-10-12-25-13-11-17/h3-9,14-15,17,25H,2,10-13H2,1H3,(H,27,29). The van der Waals surface area contributed by atoms with Gasteiger partial charge in [-0.2, -0.15) is 5.10 Å². The van der Waals surface area contributed by atoms with Gasteiger partial charge in [0.05, 0.1) is 23.1 Å². The zero-order valence-electron chi connectivity index (χ0n) is 16.5. The van der Waals surface area contributed by atoms with Gasteiger partial charge in [0, 0.05) is 11.6 Å². The molecule has 2 heterocycles. The van der Waals surface area contributed by atoms with Crippen molar-refractivity contribution in [3.8, 4) is 5.69 Å². The number of hydrogen-bond acceptors (Lipinski definition) is 3. The number of rotatable bonds is 5. The first-order chi connectivity index (χ1) is 14.2. The number of carbonyl (C=O) groups excluding carboxylic acids is 1. The van der Waals surface area contributed by atoms with Crippen LogP contribution in [-0.4, -0.2) is 28.8 Å². The Morgan fingerprint density at radius 1 is 1.21 bits per heavy atom. The van der Waals surface area contributed by atoms with Crippen molar-refractivity contribution in [3.05, 3.63) is 77.4 Å². The maximum absolute atomic E-state index is 13.8. The number of anilines is 1. The van der Waals surface area contributed by atoms with E-state index in [-0.39, 0.29) is 17.6 Å². The molecule has 29 heavy (non-hydrogen) atoms. The number of piperidine rings is 1. The lowest BCUT2D eigenvalue weighted by Gasteiger charge is -2.24. The second-order valence-corrected chi connectivity index (χ2v) is 7.36. The van der Waals surface area contributed by atoms with E-state index in [4.69, 9.17) is 0 Å². The fraction of sp³-hybridized carbons (Fsp3) is 0.304. The van der Waals surface area contributed by atoms with Gasteiger partial charge in [-0.25, -0.2) is 9.07 Å². The minimum Gasteiger partial charge on any atom is -0.322 e. The van der Waals surface area contributed by atoms with E-state index in [2.05, 4.69) is 22.7 Å². The lowest BCUT2D eigenvalue weighted by atomic mass is 9.91. The molecular weight excluding hydrogens is 367 g/mol. The van der Waals surface area contributed by atoms with Gasteiger partial charge in [-0.15, -0.1) is 0 Å². The molecule has 0 spiro atoms. The van der Waals surface area contributed by atoms with E-state index in [0.717, 1.165) is 43.7 Å². The molecule has 0 aliphatic carbocycles. The minimum atomic E-state index is -0.323. The first kappa shape index (κ1) is 19.3. The highest BCUT2D eigenvalue weighted by atomic mass is 19.1. The molecule has 1 saturated heterocycles. The van der Waals surface area contributed by atoms with Crippen LogP contribution in [0, 0.1) is 5.82 Å². The van der Waals surface area contributed by atoms with E-state index in [9.17, 15) is 9.18 Å². The molecule has 0 unspecified atom stereocenters. The van der Waals surface area contributed by atoms with E-state index in [1.807, 2.05) is 30.3 Å². The first-order valence-electron chi connectivity index (χ1n) is 10.1. The summed E-state index contributed by atoms with van der Waals surface area (Å²) in [6, 6.07) is 14.2. The lowest BCUT2D eigenvalue weighted by Crippen LogP contribution is -2.29. The molecule has 5 nitrogen and oxygen atoms in total. The number of halogens is 1. The van der Waals surface area contributed by atoms with Crippen LogP contribution < -0.4 is 10.6 Å². The summed E-state index contributed by atoms with van der Waals surface area (Å²) in [6.07, 6.45) is 4.37. The van der Waals surface area contributed by atoms with Crippen LogP contribution in [0.1, 0.15) is 47.3 Å². The molecule has 0 radical (unpaired) electrons. The Morgan fingerprint density at radius 2 is 1.97 bits per heavy atom. The van der Waals surface area contributed by atoms with Gasteiger partial charge in [0.25, 0.3) is 5.91 Å². The fourth-order valence-electron chi connectivity index (χ4n) is 3.86. The Morgan fingerprint density at radius 3 is 2.66 bits per heavy atom. The maximum atomic E-state index is 13.8. The van der Waals surface area contributed by atoms with Crippen LogP contribution in [0.4, 0.5) is 10.1 Å². The Bertz CT molecular complexity index is 990. The molecule has 4 rings (SSSR count). The second-order valence-electron chi connectivity index (χ2n) is 7.36. The number of benzene rings is 2. The van der Waals surface area contributed by atoms with Crippen molar-refractivity contribution < 1.29 is 9.18 Å². The molecule has 1 aliphatic heterocycles. The van der Waals surface area contributed by atoms with Gasteiger partial charge in [0.15, 0.2) is 0 Å². The van der Waals surface area contributed by atoms with Crippen molar-refractivity contribution in [1.29, 1.82) is 0 Å². The molecule has 1 aliphatic rings. The average molecular weight is 392 g/mol.